The van der Waals surface area contributed by atoms with Gasteiger partial charge < -0.3 is 14.9 Å². The average molecular weight is 387 g/mol. The zero-order chi connectivity index (χ0) is 20.7. The first-order chi connectivity index (χ1) is 13.3. The number of carboxylic acid groups (broad SMARTS) is 1. The van der Waals surface area contributed by atoms with Crippen molar-refractivity contribution in [3.8, 4) is 5.75 Å². The molecule has 0 bridgehead atoms. The fourth-order valence-electron chi connectivity index (χ4n) is 2.41. The predicted molar refractivity (Wildman–Crippen MR) is 97.1 cm³/mol. The zero-order valence-electron chi connectivity index (χ0n) is 14.8. The molecule has 0 saturated carbocycles. The summed E-state index contributed by atoms with van der Waals surface area (Å²) in [6.07, 6.45) is -0.0494. The van der Waals surface area contributed by atoms with Gasteiger partial charge in [0.2, 0.25) is 0 Å². The highest BCUT2D eigenvalue weighted by molar-refractivity contribution is 6.02. The van der Waals surface area contributed by atoms with E-state index in [9.17, 15) is 23.9 Å². The third kappa shape index (κ3) is 5.66. The molecule has 0 fully saturated rings. The van der Waals surface area contributed by atoms with Gasteiger partial charge >= 0.3 is 12.1 Å². The van der Waals surface area contributed by atoms with Gasteiger partial charge in [-0.25, -0.2) is 14.0 Å². The molecule has 0 aromatic heterocycles. The molecular formula is C20H18FNO6. The number of phenolic OH excluding ortho intramolecular Hbond substituents is 1. The van der Waals surface area contributed by atoms with Crippen LogP contribution in [0.2, 0.25) is 0 Å². The highest BCUT2D eigenvalue weighted by Gasteiger charge is 2.24. The number of benzene rings is 2. The first kappa shape index (κ1) is 20.6. The molecule has 0 spiro atoms. The molecule has 0 aliphatic heterocycles. The van der Waals surface area contributed by atoms with Crippen LogP contribution in [0.15, 0.2) is 60.7 Å². The summed E-state index contributed by atoms with van der Waals surface area (Å²) in [5.41, 5.74) is 0.422. The van der Waals surface area contributed by atoms with E-state index in [1.165, 1.54) is 24.3 Å². The summed E-state index contributed by atoms with van der Waals surface area (Å²) in [5, 5.41) is 20.2. The normalized spacial score (nSPS) is 12.9. The summed E-state index contributed by atoms with van der Waals surface area (Å²) in [7, 11) is 0. The van der Waals surface area contributed by atoms with Crippen LogP contribution in [0.1, 0.15) is 28.9 Å². The molecule has 2 atom stereocenters. The number of phenols is 1. The third-order valence-electron chi connectivity index (χ3n) is 3.81. The van der Waals surface area contributed by atoms with Crippen molar-refractivity contribution in [2.75, 3.05) is 0 Å². The molecule has 3 N–H and O–H groups in total. The molecule has 2 aromatic rings. The lowest BCUT2D eigenvalue weighted by molar-refractivity contribution is -0.131. The molecule has 28 heavy (non-hydrogen) atoms. The van der Waals surface area contributed by atoms with Gasteiger partial charge in [0.05, 0.1) is 0 Å². The smallest absolute Gasteiger partial charge is 0.414 e. The minimum atomic E-state index is -1.20. The van der Waals surface area contributed by atoms with E-state index in [0.717, 1.165) is 18.2 Å². The van der Waals surface area contributed by atoms with Crippen LogP contribution in [0.4, 0.5) is 9.18 Å². The van der Waals surface area contributed by atoms with Gasteiger partial charge in [0.15, 0.2) is 11.6 Å². The number of nitrogens with one attached hydrogen (secondary N) is 1. The van der Waals surface area contributed by atoms with Crippen LogP contribution < -0.4 is 5.32 Å². The number of halogens is 1. The number of imide groups is 1. The molecule has 146 valence electrons. The van der Waals surface area contributed by atoms with Crippen molar-refractivity contribution in [3.63, 3.8) is 0 Å². The van der Waals surface area contributed by atoms with E-state index in [0.29, 0.717) is 0 Å². The highest BCUT2D eigenvalue weighted by atomic mass is 19.1. The molecule has 0 aliphatic carbocycles. The van der Waals surface area contributed by atoms with Crippen LogP contribution >= 0.6 is 0 Å². The van der Waals surface area contributed by atoms with Crippen LogP contribution in [0.5, 0.6) is 5.75 Å². The molecule has 0 unspecified atom stereocenters. The van der Waals surface area contributed by atoms with Gasteiger partial charge in [0.25, 0.3) is 5.91 Å². The van der Waals surface area contributed by atoms with Gasteiger partial charge in [-0.2, -0.15) is 0 Å². The van der Waals surface area contributed by atoms with Crippen molar-refractivity contribution >= 4 is 18.0 Å². The summed E-state index contributed by atoms with van der Waals surface area (Å²) >= 11 is 0. The Kier molecular flexibility index (Phi) is 6.86. The number of aliphatic carboxylic acids is 1. The van der Waals surface area contributed by atoms with Crippen molar-refractivity contribution in [2.45, 2.75) is 13.0 Å². The van der Waals surface area contributed by atoms with Crippen molar-refractivity contribution in [3.05, 3.63) is 77.6 Å². The number of alkyl carbamates (subject to hydrolysis) is 1. The first-order valence-corrected chi connectivity index (χ1v) is 8.24. The number of rotatable bonds is 6. The maximum Gasteiger partial charge on any atom is 0.414 e. The monoisotopic (exact) mass is 387 g/mol. The Morgan fingerprint density at radius 2 is 1.82 bits per heavy atom. The van der Waals surface area contributed by atoms with Gasteiger partial charge in [-0.05, 0) is 29.8 Å². The summed E-state index contributed by atoms with van der Waals surface area (Å²) in [6.45, 7) is 1.56. The maximum absolute atomic E-state index is 13.7. The number of ether oxygens (including phenoxy) is 1. The predicted octanol–water partition coefficient (Wildman–Crippen LogP) is 3.42. The second kappa shape index (κ2) is 9.31. The Hall–Kier alpha value is -3.68. The topological polar surface area (TPSA) is 113 Å². The average Bonchev–Trinajstić information content (AvgIpc) is 2.67. The zero-order valence-corrected chi connectivity index (χ0v) is 14.8. The van der Waals surface area contributed by atoms with Crippen molar-refractivity contribution < 1.29 is 33.7 Å². The Balaban J connectivity index is 2.20. The Morgan fingerprint density at radius 1 is 1.14 bits per heavy atom. The van der Waals surface area contributed by atoms with Crippen molar-refractivity contribution in [1.29, 1.82) is 0 Å². The lowest BCUT2D eigenvalue weighted by atomic mass is 9.96. The van der Waals surface area contributed by atoms with Crippen LogP contribution in [-0.4, -0.2) is 28.2 Å². The second-order valence-electron chi connectivity index (χ2n) is 5.91. The van der Waals surface area contributed by atoms with E-state index in [-0.39, 0.29) is 11.1 Å². The van der Waals surface area contributed by atoms with Crippen LogP contribution in [-0.2, 0) is 9.53 Å². The number of carbonyl (C=O) groups is 3. The standard InChI is InChI=1S/C20H18FNO6/c1-12(7-10-17(24)25)18(14-8-9-16(23)15(21)11-14)28-20(27)22-19(26)13-5-3-2-4-6-13/h2-12,18,23H,1H3,(H,24,25)(H,22,26,27)/b10-7+/t12-,18+/m1/s1. The summed E-state index contributed by atoms with van der Waals surface area (Å²) in [4.78, 5) is 35.0. The van der Waals surface area contributed by atoms with Crippen LogP contribution in [0.3, 0.4) is 0 Å². The minimum Gasteiger partial charge on any atom is -0.505 e. The second-order valence-corrected chi connectivity index (χ2v) is 5.91. The van der Waals surface area contributed by atoms with E-state index >= 15 is 0 Å². The lowest BCUT2D eigenvalue weighted by Gasteiger charge is -2.22. The Labute approximate surface area is 160 Å². The minimum absolute atomic E-state index is 0.181. The summed E-state index contributed by atoms with van der Waals surface area (Å²) in [5.74, 6) is -4.07. The Morgan fingerprint density at radius 3 is 2.43 bits per heavy atom. The number of amides is 2. The molecule has 2 rings (SSSR count). The van der Waals surface area contributed by atoms with Gasteiger partial charge in [0.1, 0.15) is 6.10 Å². The fraction of sp³-hybridized carbons (Fsp3) is 0.150. The largest absolute Gasteiger partial charge is 0.505 e. The molecule has 0 aliphatic rings. The number of hydrogen-bond acceptors (Lipinski definition) is 5. The van der Waals surface area contributed by atoms with E-state index < -0.39 is 41.6 Å². The first-order valence-electron chi connectivity index (χ1n) is 8.24. The van der Waals surface area contributed by atoms with Crippen LogP contribution in [0.25, 0.3) is 0 Å². The molecular weight excluding hydrogens is 369 g/mol. The highest BCUT2D eigenvalue weighted by Crippen LogP contribution is 2.30. The third-order valence-corrected chi connectivity index (χ3v) is 3.81. The molecule has 8 heteroatoms. The number of hydrogen-bond donors (Lipinski definition) is 3. The molecule has 7 nitrogen and oxygen atoms in total. The van der Waals surface area contributed by atoms with E-state index in [1.54, 1.807) is 25.1 Å². The van der Waals surface area contributed by atoms with Gasteiger partial charge in [-0.1, -0.05) is 37.3 Å². The number of carboxylic acids is 1. The molecule has 2 aromatic carbocycles. The van der Waals surface area contributed by atoms with E-state index in [1.807, 2.05) is 0 Å². The number of aromatic hydroxyl groups is 1. The van der Waals surface area contributed by atoms with Crippen molar-refractivity contribution in [1.82, 2.24) is 5.32 Å². The van der Waals surface area contributed by atoms with E-state index in [4.69, 9.17) is 9.84 Å². The molecule has 0 saturated heterocycles. The maximum atomic E-state index is 13.7. The quantitative estimate of drug-likeness (QED) is 0.655. The Bertz CT molecular complexity index is 897. The fourth-order valence-corrected chi connectivity index (χ4v) is 2.41. The summed E-state index contributed by atoms with van der Waals surface area (Å²) in [6, 6.07) is 11.4. The van der Waals surface area contributed by atoms with Crippen molar-refractivity contribution in [2.24, 2.45) is 5.92 Å². The van der Waals surface area contributed by atoms with Gasteiger partial charge in [-0.15, -0.1) is 0 Å². The SMILES string of the molecule is C[C@H](/C=C/C(=O)O)[C@H](OC(=O)NC(=O)c1ccccc1)c1ccc(O)c(F)c1. The van der Waals surface area contributed by atoms with Crippen LogP contribution in [0, 0.1) is 11.7 Å². The van der Waals surface area contributed by atoms with Gasteiger partial charge in [-0.3, -0.25) is 10.1 Å². The number of carbonyl (C=O) groups excluding carboxylic acids is 2. The molecule has 0 heterocycles. The molecule has 2 amide bonds. The molecule has 0 radical (unpaired) electrons. The van der Waals surface area contributed by atoms with E-state index in [2.05, 4.69) is 5.32 Å². The summed E-state index contributed by atoms with van der Waals surface area (Å²) < 4.78 is 19.0. The van der Waals surface area contributed by atoms with Gasteiger partial charge in [0, 0.05) is 17.6 Å². The lowest BCUT2D eigenvalue weighted by Crippen LogP contribution is -2.33.